The molecule has 0 saturated carbocycles. The van der Waals surface area contributed by atoms with E-state index in [0.717, 1.165) is 10.6 Å². The maximum absolute atomic E-state index is 13.6. The van der Waals surface area contributed by atoms with E-state index in [2.05, 4.69) is 10.3 Å². The summed E-state index contributed by atoms with van der Waals surface area (Å²) in [5.74, 6) is -1.15. The summed E-state index contributed by atoms with van der Waals surface area (Å²) >= 11 is 7.32. The first-order chi connectivity index (χ1) is 10.6. The summed E-state index contributed by atoms with van der Waals surface area (Å²) in [6, 6.07) is 11.1. The maximum atomic E-state index is 13.6. The van der Waals surface area contributed by atoms with Gasteiger partial charge in [0, 0.05) is 27.9 Å². The standard InChI is InChI=1S/C16H10ClFN2OS/c17-11-3-6-14(18)13(9-11)15(21)20-12-4-1-10(2-5-12)16-19-7-8-22-16/h1-9H,(H,20,21). The van der Waals surface area contributed by atoms with Crippen LogP contribution in [0.25, 0.3) is 10.6 Å². The minimum absolute atomic E-state index is 0.0866. The van der Waals surface area contributed by atoms with Gasteiger partial charge in [-0.3, -0.25) is 4.79 Å². The Morgan fingerprint density at radius 3 is 2.64 bits per heavy atom. The molecule has 1 amide bonds. The number of anilines is 1. The first-order valence-electron chi connectivity index (χ1n) is 6.40. The average molecular weight is 333 g/mol. The zero-order valence-corrected chi connectivity index (χ0v) is 12.8. The van der Waals surface area contributed by atoms with Gasteiger partial charge < -0.3 is 5.32 Å². The van der Waals surface area contributed by atoms with E-state index in [0.29, 0.717) is 10.7 Å². The first-order valence-corrected chi connectivity index (χ1v) is 7.65. The van der Waals surface area contributed by atoms with Crippen LogP contribution in [-0.4, -0.2) is 10.9 Å². The number of hydrogen-bond donors (Lipinski definition) is 1. The fraction of sp³-hybridized carbons (Fsp3) is 0. The Morgan fingerprint density at radius 2 is 1.95 bits per heavy atom. The number of rotatable bonds is 3. The number of nitrogens with zero attached hydrogens (tertiary/aromatic N) is 1. The number of nitrogens with one attached hydrogen (secondary N) is 1. The molecule has 110 valence electrons. The molecule has 0 aliphatic carbocycles. The van der Waals surface area contributed by atoms with Crippen molar-refractivity contribution in [1.82, 2.24) is 4.98 Å². The third kappa shape index (κ3) is 3.16. The van der Waals surface area contributed by atoms with E-state index in [1.807, 2.05) is 17.5 Å². The van der Waals surface area contributed by atoms with Crippen LogP contribution in [-0.2, 0) is 0 Å². The van der Waals surface area contributed by atoms with Crippen molar-refractivity contribution in [3.63, 3.8) is 0 Å². The van der Waals surface area contributed by atoms with Gasteiger partial charge in [-0.1, -0.05) is 11.6 Å². The largest absolute Gasteiger partial charge is 0.322 e. The Balaban J connectivity index is 1.78. The smallest absolute Gasteiger partial charge is 0.258 e. The molecule has 0 bridgehead atoms. The SMILES string of the molecule is O=C(Nc1ccc(-c2nccs2)cc1)c1cc(Cl)ccc1F. The third-order valence-corrected chi connectivity index (χ3v) is 4.05. The van der Waals surface area contributed by atoms with Gasteiger partial charge in [0.1, 0.15) is 10.8 Å². The van der Waals surface area contributed by atoms with Crippen LogP contribution in [0.2, 0.25) is 5.02 Å². The van der Waals surface area contributed by atoms with Gasteiger partial charge in [-0.2, -0.15) is 0 Å². The third-order valence-electron chi connectivity index (χ3n) is 3.00. The highest BCUT2D eigenvalue weighted by molar-refractivity contribution is 7.13. The highest BCUT2D eigenvalue weighted by Gasteiger charge is 2.12. The van der Waals surface area contributed by atoms with Gasteiger partial charge in [0.25, 0.3) is 5.91 Å². The average Bonchev–Trinajstić information content (AvgIpc) is 3.05. The second kappa shape index (κ2) is 6.25. The molecule has 0 fully saturated rings. The molecule has 3 nitrogen and oxygen atoms in total. The molecule has 3 rings (SSSR count). The molecule has 6 heteroatoms. The maximum Gasteiger partial charge on any atom is 0.258 e. The van der Waals surface area contributed by atoms with Crippen LogP contribution in [0.4, 0.5) is 10.1 Å². The lowest BCUT2D eigenvalue weighted by Crippen LogP contribution is -2.13. The molecule has 0 radical (unpaired) electrons. The molecule has 0 saturated heterocycles. The lowest BCUT2D eigenvalue weighted by molar-refractivity contribution is 0.102. The van der Waals surface area contributed by atoms with Gasteiger partial charge in [0.15, 0.2) is 0 Å². The van der Waals surface area contributed by atoms with Gasteiger partial charge in [-0.15, -0.1) is 11.3 Å². The zero-order chi connectivity index (χ0) is 15.5. The molecule has 1 aromatic heterocycles. The predicted octanol–water partition coefficient (Wildman–Crippen LogP) is 4.85. The summed E-state index contributed by atoms with van der Waals surface area (Å²) in [5, 5.41) is 5.75. The quantitative estimate of drug-likeness (QED) is 0.744. The van der Waals surface area contributed by atoms with Crippen LogP contribution >= 0.6 is 22.9 Å². The molecule has 3 aromatic rings. The number of aromatic nitrogens is 1. The van der Waals surface area contributed by atoms with Gasteiger partial charge in [0.2, 0.25) is 0 Å². The molecule has 1 heterocycles. The molecule has 0 atom stereocenters. The summed E-state index contributed by atoms with van der Waals surface area (Å²) in [5.41, 5.74) is 1.45. The number of thiazole rings is 1. The van der Waals surface area contributed by atoms with E-state index in [1.54, 1.807) is 18.3 Å². The fourth-order valence-corrected chi connectivity index (χ4v) is 2.75. The molecule has 2 aromatic carbocycles. The Kier molecular flexibility index (Phi) is 4.18. The molecule has 22 heavy (non-hydrogen) atoms. The molecular formula is C16H10ClFN2OS. The van der Waals surface area contributed by atoms with E-state index < -0.39 is 11.7 Å². The summed E-state index contributed by atoms with van der Waals surface area (Å²) in [6.45, 7) is 0. The van der Waals surface area contributed by atoms with E-state index >= 15 is 0 Å². The van der Waals surface area contributed by atoms with Crippen molar-refractivity contribution in [2.45, 2.75) is 0 Å². The fourth-order valence-electron chi connectivity index (χ4n) is 1.93. The van der Waals surface area contributed by atoms with Crippen molar-refractivity contribution in [1.29, 1.82) is 0 Å². The number of benzene rings is 2. The summed E-state index contributed by atoms with van der Waals surface area (Å²) in [6.07, 6.45) is 1.73. The number of halogens is 2. The minimum Gasteiger partial charge on any atom is -0.322 e. The minimum atomic E-state index is -0.610. The second-order valence-corrected chi connectivity index (χ2v) is 5.82. The van der Waals surface area contributed by atoms with E-state index in [1.165, 1.54) is 29.5 Å². The lowest BCUT2D eigenvalue weighted by atomic mass is 10.1. The van der Waals surface area contributed by atoms with Crippen LogP contribution in [0.1, 0.15) is 10.4 Å². The highest BCUT2D eigenvalue weighted by atomic mass is 35.5. The summed E-state index contributed by atoms with van der Waals surface area (Å²) in [4.78, 5) is 16.3. The van der Waals surface area contributed by atoms with Gasteiger partial charge in [-0.25, -0.2) is 9.37 Å². The number of carbonyl (C=O) groups is 1. The van der Waals surface area contributed by atoms with Crippen LogP contribution < -0.4 is 5.32 Å². The summed E-state index contributed by atoms with van der Waals surface area (Å²) in [7, 11) is 0. The molecule has 1 N–H and O–H groups in total. The van der Waals surface area contributed by atoms with Crippen molar-refractivity contribution in [2.75, 3.05) is 5.32 Å². The summed E-state index contributed by atoms with van der Waals surface area (Å²) < 4.78 is 13.6. The molecule has 0 aliphatic rings. The van der Waals surface area contributed by atoms with Crippen molar-refractivity contribution in [2.24, 2.45) is 0 Å². The van der Waals surface area contributed by atoms with Gasteiger partial charge in [-0.05, 0) is 42.5 Å². The molecule has 0 spiro atoms. The lowest BCUT2D eigenvalue weighted by Gasteiger charge is -2.07. The Morgan fingerprint density at radius 1 is 1.18 bits per heavy atom. The topological polar surface area (TPSA) is 42.0 Å². The van der Waals surface area contributed by atoms with Crippen LogP contribution in [0.15, 0.2) is 54.0 Å². The highest BCUT2D eigenvalue weighted by Crippen LogP contribution is 2.24. The van der Waals surface area contributed by atoms with Crippen LogP contribution in [0, 0.1) is 5.82 Å². The van der Waals surface area contributed by atoms with Crippen LogP contribution in [0.3, 0.4) is 0 Å². The van der Waals surface area contributed by atoms with Crippen molar-refractivity contribution >= 4 is 34.5 Å². The zero-order valence-electron chi connectivity index (χ0n) is 11.2. The van der Waals surface area contributed by atoms with Crippen molar-refractivity contribution in [3.8, 4) is 10.6 Å². The Hall–Kier alpha value is -2.24. The van der Waals surface area contributed by atoms with Gasteiger partial charge in [0.05, 0.1) is 5.56 Å². The monoisotopic (exact) mass is 332 g/mol. The van der Waals surface area contributed by atoms with Gasteiger partial charge >= 0.3 is 0 Å². The first kappa shape index (κ1) is 14.7. The van der Waals surface area contributed by atoms with E-state index in [-0.39, 0.29) is 5.56 Å². The van der Waals surface area contributed by atoms with Crippen LogP contribution in [0.5, 0.6) is 0 Å². The Labute approximate surface area is 135 Å². The van der Waals surface area contributed by atoms with Crippen molar-refractivity contribution < 1.29 is 9.18 Å². The van der Waals surface area contributed by atoms with E-state index in [9.17, 15) is 9.18 Å². The predicted molar refractivity (Wildman–Crippen MR) is 86.9 cm³/mol. The normalized spacial score (nSPS) is 10.5. The Bertz CT molecular complexity index is 804. The molecule has 0 unspecified atom stereocenters. The number of amides is 1. The molecule has 0 aliphatic heterocycles. The van der Waals surface area contributed by atoms with E-state index in [4.69, 9.17) is 11.6 Å². The number of hydrogen-bond acceptors (Lipinski definition) is 3. The second-order valence-electron chi connectivity index (χ2n) is 4.49. The molecular weight excluding hydrogens is 323 g/mol. The number of carbonyl (C=O) groups excluding carboxylic acids is 1. The van der Waals surface area contributed by atoms with Crippen molar-refractivity contribution in [3.05, 3.63) is 70.4 Å².